The summed E-state index contributed by atoms with van der Waals surface area (Å²) in [6.45, 7) is -0.323. The predicted molar refractivity (Wildman–Crippen MR) is 70.2 cm³/mol. The van der Waals surface area contributed by atoms with E-state index in [4.69, 9.17) is 6.42 Å². The fourth-order valence-electron chi connectivity index (χ4n) is 1.64. The molecule has 0 spiro atoms. The highest BCUT2D eigenvalue weighted by molar-refractivity contribution is 5.90. The van der Waals surface area contributed by atoms with Crippen LogP contribution in [-0.2, 0) is 17.5 Å². The van der Waals surface area contributed by atoms with Gasteiger partial charge in [-0.3, -0.25) is 9.48 Å². The van der Waals surface area contributed by atoms with Crippen molar-refractivity contribution in [3.63, 3.8) is 0 Å². The molecule has 0 fully saturated rings. The van der Waals surface area contributed by atoms with Crippen LogP contribution in [0, 0.1) is 12.3 Å². The van der Waals surface area contributed by atoms with Crippen LogP contribution in [0.2, 0.25) is 0 Å². The number of hydrogen-bond acceptors (Lipinski definition) is 2. The van der Waals surface area contributed by atoms with Gasteiger partial charge in [-0.15, -0.1) is 6.42 Å². The Kier molecular flexibility index (Phi) is 3.98. The molecule has 2 aromatic rings. The summed E-state index contributed by atoms with van der Waals surface area (Å²) in [4.78, 5) is 11.7. The lowest BCUT2D eigenvalue weighted by Gasteiger charge is -2.06. The Labute approximate surface area is 118 Å². The Balaban J connectivity index is 2.02. The van der Waals surface area contributed by atoms with E-state index in [0.717, 1.165) is 16.9 Å². The third-order valence-corrected chi connectivity index (χ3v) is 2.55. The second-order valence-corrected chi connectivity index (χ2v) is 4.17. The van der Waals surface area contributed by atoms with Gasteiger partial charge in [0.1, 0.15) is 6.54 Å². The molecule has 0 bridgehead atoms. The average molecular weight is 293 g/mol. The summed E-state index contributed by atoms with van der Waals surface area (Å²) in [7, 11) is 0. The van der Waals surface area contributed by atoms with E-state index in [-0.39, 0.29) is 6.54 Å². The molecule has 1 amide bonds. The van der Waals surface area contributed by atoms with E-state index >= 15 is 0 Å². The predicted octanol–water partition coefficient (Wildman–Crippen LogP) is 2.52. The van der Waals surface area contributed by atoms with Crippen LogP contribution in [0.25, 0.3) is 0 Å². The van der Waals surface area contributed by atoms with Crippen molar-refractivity contribution in [1.29, 1.82) is 0 Å². The van der Waals surface area contributed by atoms with Crippen molar-refractivity contribution in [2.75, 3.05) is 5.32 Å². The zero-order chi connectivity index (χ0) is 15.5. The summed E-state index contributed by atoms with van der Waals surface area (Å²) >= 11 is 0. The number of nitrogens with one attached hydrogen (secondary N) is 1. The van der Waals surface area contributed by atoms with Crippen LogP contribution < -0.4 is 5.32 Å². The lowest BCUT2D eigenvalue weighted by molar-refractivity contribution is -0.141. The number of rotatable bonds is 3. The number of anilines is 1. The summed E-state index contributed by atoms with van der Waals surface area (Å²) in [6.07, 6.45) is 1.81. The van der Waals surface area contributed by atoms with Crippen molar-refractivity contribution >= 4 is 11.6 Å². The zero-order valence-electron chi connectivity index (χ0n) is 10.7. The maximum atomic E-state index is 12.4. The average Bonchev–Trinajstić information content (AvgIpc) is 2.87. The number of terminal acetylenes is 1. The molecule has 7 heteroatoms. The first-order chi connectivity index (χ1) is 9.88. The van der Waals surface area contributed by atoms with E-state index in [1.807, 2.05) is 0 Å². The first kappa shape index (κ1) is 14.7. The second kappa shape index (κ2) is 5.71. The molecule has 108 valence electrons. The summed E-state index contributed by atoms with van der Waals surface area (Å²) in [5.41, 5.74) is 0.0227. The van der Waals surface area contributed by atoms with Crippen molar-refractivity contribution < 1.29 is 18.0 Å². The number of nitrogens with zero attached hydrogens (tertiary/aromatic N) is 2. The topological polar surface area (TPSA) is 46.9 Å². The van der Waals surface area contributed by atoms with Crippen LogP contribution in [0.4, 0.5) is 18.9 Å². The standard InChI is InChI=1S/C14H10F3N3O/c1-2-10-4-3-5-11(8-10)18-13(21)9-20-7-6-12(19-20)14(15,16)17/h1,3-8H,9H2,(H,18,21). The number of amides is 1. The minimum atomic E-state index is -4.52. The van der Waals surface area contributed by atoms with Crippen LogP contribution in [0.3, 0.4) is 0 Å². The van der Waals surface area contributed by atoms with E-state index in [1.165, 1.54) is 0 Å². The third kappa shape index (κ3) is 3.86. The van der Waals surface area contributed by atoms with E-state index in [1.54, 1.807) is 24.3 Å². The number of carbonyl (C=O) groups excluding carboxylic acids is 1. The van der Waals surface area contributed by atoms with Crippen LogP contribution >= 0.6 is 0 Å². The fourth-order valence-corrected chi connectivity index (χ4v) is 1.64. The monoisotopic (exact) mass is 293 g/mol. The van der Waals surface area contributed by atoms with E-state index in [2.05, 4.69) is 16.3 Å². The Hall–Kier alpha value is -2.75. The molecular weight excluding hydrogens is 283 g/mol. The van der Waals surface area contributed by atoms with Gasteiger partial charge in [0.2, 0.25) is 5.91 Å². The Morgan fingerprint density at radius 1 is 1.38 bits per heavy atom. The number of carbonyl (C=O) groups is 1. The summed E-state index contributed by atoms with van der Waals surface area (Å²) < 4.78 is 38.0. The molecule has 0 aliphatic heterocycles. The maximum absolute atomic E-state index is 12.4. The number of hydrogen-bond donors (Lipinski definition) is 1. The highest BCUT2D eigenvalue weighted by atomic mass is 19.4. The largest absolute Gasteiger partial charge is 0.435 e. The summed E-state index contributed by atoms with van der Waals surface area (Å²) in [6, 6.07) is 7.39. The van der Waals surface area contributed by atoms with Gasteiger partial charge in [0.15, 0.2) is 5.69 Å². The van der Waals surface area contributed by atoms with Crippen LogP contribution in [-0.4, -0.2) is 15.7 Å². The first-order valence-corrected chi connectivity index (χ1v) is 5.85. The molecule has 2 rings (SSSR count). The van der Waals surface area contributed by atoms with Crippen molar-refractivity contribution in [2.45, 2.75) is 12.7 Å². The Bertz CT molecular complexity index is 698. The molecule has 0 saturated carbocycles. The van der Waals surface area contributed by atoms with Crippen molar-refractivity contribution in [2.24, 2.45) is 0 Å². The molecule has 0 unspecified atom stereocenters. The molecule has 1 aromatic heterocycles. The molecule has 1 heterocycles. The lowest BCUT2D eigenvalue weighted by Crippen LogP contribution is -2.19. The number of benzene rings is 1. The Morgan fingerprint density at radius 2 is 2.14 bits per heavy atom. The minimum absolute atomic E-state index is 0.323. The molecule has 1 N–H and O–H groups in total. The van der Waals surface area contributed by atoms with Crippen molar-refractivity contribution in [3.05, 3.63) is 47.8 Å². The van der Waals surface area contributed by atoms with Crippen LogP contribution in [0.1, 0.15) is 11.3 Å². The Morgan fingerprint density at radius 3 is 2.76 bits per heavy atom. The van der Waals surface area contributed by atoms with Crippen molar-refractivity contribution in [1.82, 2.24) is 9.78 Å². The van der Waals surface area contributed by atoms with Gasteiger partial charge in [-0.25, -0.2) is 0 Å². The molecule has 21 heavy (non-hydrogen) atoms. The molecular formula is C14H10F3N3O. The van der Waals surface area contributed by atoms with E-state index in [0.29, 0.717) is 11.3 Å². The highest BCUT2D eigenvalue weighted by Gasteiger charge is 2.33. The van der Waals surface area contributed by atoms with Crippen molar-refractivity contribution in [3.8, 4) is 12.3 Å². The smallest absolute Gasteiger partial charge is 0.324 e. The highest BCUT2D eigenvalue weighted by Crippen LogP contribution is 2.27. The van der Waals surface area contributed by atoms with Gasteiger partial charge in [0, 0.05) is 17.4 Å². The maximum Gasteiger partial charge on any atom is 0.435 e. The molecule has 0 aliphatic rings. The minimum Gasteiger partial charge on any atom is -0.324 e. The number of aromatic nitrogens is 2. The van der Waals surface area contributed by atoms with Crippen LogP contribution in [0.15, 0.2) is 36.5 Å². The van der Waals surface area contributed by atoms with Gasteiger partial charge in [0.05, 0.1) is 0 Å². The number of halogens is 3. The van der Waals surface area contributed by atoms with Gasteiger partial charge in [-0.05, 0) is 24.3 Å². The summed E-state index contributed by atoms with van der Waals surface area (Å²) in [5.74, 6) is 1.92. The molecule has 0 radical (unpaired) electrons. The van der Waals surface area contributed by atoms with Gasteiger partial charge in [-0.1, -0.05) is 12.0 Å². The van der Waals surface area contributed by atoms with Gasteiger partial charge in [0.25, 0.3) is 0 Å². The number of alkyl halides is 3. The summed E-state index contributed by atoms with van der Waals surface area (Å²) in [5, 5.41) is 5.83. The molecule has 0 saturated heterocycles. The quantitative estimate of drug-likeness (QED) is 0.884. The zero-order valence-corrected chi connectivity index (χ0v) is 10.7. The van der Waals surface area contributed by atoms with E-state index in [9.17, 15) is 18.0 Å². The normalized spacial score (nSPS) is 11.0. The molecule has 1 aromatic carbocycles. The van der Waals surface area contributed by atoms with Crippen LogP contribution in [0.5, 0.6) is 0 Å². The SMILES string of the molecule is C#Cc1cccc(NC(=O)Cn2ccc(C(F)(F)F)n2)c1. The van der Waals surface area contributed by atoms with Gasteiger partial charge in [-0.2, -0.15) is 18.3 Å². The van der Waals surface area contributed by atoms with E-state index < -0.39 is 17.8 Å². The molecule has 0 atom stereocenters. The fraction of sp³-hybridized carbons (Fsp3) is 0.143. The van der Waals surface area contributed by atoms with Gasteiger partial charge < -0.3 is 5.32 Å². The first-order valence-electron chi connectivity index (χ1n) is 5.85. The lowest BCUT2D eigenvalue weighted by atomic mass is 10.2. The molecule has 4 nitrogen and oxygen atoms in total. The second-order valence-electron chi connectivity index (χ2n) is 4.17. The third-order valence-electron chi connectivity index (χ3n) is 2.55. The molecule has 0 aliphatic carbocycles. The van der Waals surface area contributed by atoms with Gasteiger partial charge >= 0.3 is 6.18 Å².